The Balaban J connectivity index is 0.00000361. The molecule has 0 aliphatic heterocycles. The first kappa shape index (κ1) is 19.1. The minimum absolute atomic E-state index is 0. The molecule has 0 bridgehead atoms. The topological polar surface area (TPSA) is 101 Å². The van der Waals surface area contributed by atoms with Crippen molar-refractivity contribution in [1.82, 2.24) is 10.0 Å². The number of benzene rings is 1. The average Bonchev–Trinajstić information content (AvgIpc) is 2.34. The maximum Gasteiger partial charge on any atom is 0.271 e. The molecule has 7 nitrogen and oxygen atoms in total. The van der Waals surface area contributed by atoms with Gasteiger partial charge >= 0.3 is 0 Å². The highest BCUT2D eigenvalue weighted by Crippen LogP contribution is 2.25. The number of halogens is 2. The van der Waals surface area contributed by atoms with Crippen molar-refractivity contribution in [2.75, 3.05) is 19.6 Å². The summed E-state index contributed by atoms with van der Waals surface area (Å²) in [5, 5.41) is 13.3. The van der Waals surface area contributed by atoms with Crippen LogP contribution in [0, 0.1) is 10.1 Å². The summed E-state index contributed by atoms with van der Waals surface area (Å²) in [6.07, 6.45) is 0. The second-order valence-electron chi connectivity index (χ2n) is 3.62. The second kappa shape index (κ2) is 8.38. The van der Waals surface area contributed by atoms with Gasteiger partial charge in [0.1, 0.15) is 4.90 Å². The van der Waals surface area contributed by atoms with Gasteiger partial charge in [-0.05, 0) is 12.6 Å². The molecule has 0 atom stereocenters. The van der Waals surface area contributed by atoms with Crippen molar-refractivity contribution in [2.24, 2.45) is 0 Å². The van der Waals surface area contributed by atoms with Gasteiger partial charge in [-0.2, -0.15) is 0 Å². The van der Waals surface area contributed by atoms with E-state index in [-0.39, 0.29) is 34.6 Å². The summed E-state index contributed by atoms with van der Waals surface area (Å²) in [5.41, 5.74) is -0.253. The number of nitro benzene ring substituents is 1. The highest BCUT2D eigenvalue weighted by atomic mass is 35.5. The van der Waals surface area contributed by atoms with Crippen LogP contribution in [0.3, 0.4) is 0 Å². The zero-order valence-electron chi connectivity index (χ0n) is 10.6. The molecule has 1 aromatic carbocycles. The van der Waals surface area contributed by atoms with Crippen LogP contribution in [-0.2, 0) is 10.0 Å². The van der Waals surface area contributed by atoms with Crippen LogP contribution >= 0.6 is 24.0 Å². The first-order chi connectivity index (χ1) is 8.88. The molecule has 0 aliphatic rings. The van der Waals surface area contributed by atoms with Gasteiger partial charge in [-0.15, -0.1) is 12.4 Å². The largest absolute Gasteiger partial charge is 0.316 e. The Hall–Kier alpha value is -0.930. The van der Waals surface area contributed by atoms with Crippen molar-refractivity contribution >= 4 is 39.7 Å². The summed E-state index contributed by atoms with van der Waals surface area (Å²) < 4.78 is 26.2. The van der Waals surface area contributed by atoms with E-state index in [1.807, 2.05) is 6.92 Å². The molecular formula is C10H15Cl2N3O4S. The zero-order valence-corrected chi connectivity index (χ0v) is 13.0. The SMILES string of the molecule is CCNCCNS(=O)(=O)c1ccc([N+](=O)[O-])cc1Cl.Cl. The number of rotatable bonds is 7. The van der Waals surface area contributed by atoms with Gasteiger partial charge in [0, 0.05) is 25.2 Å². The van der Waals surface area contributed by atoms with E-state index >= 15 is 0 Å². The molecule has 0 fully saturated rings. The molecule has 10 heteroatoms. The Bertz CT molecular complexity index is 566. The molecule has 20 heavy (non-hydrogen) atoms. The van der Waals surface area contributed by atoms with Crippen LogP contribution in [0.1, 0.15) is 6.92 Å². The third kappa shape index (κ3) is 5.22. The molecule has 0 radical (unpaired) electrons. The van der Waals surface area contributed by atoms with Crippen molar-refractivity contribution in [1.29, 1.82) is 0 Å². The molecule has 0 saturated heterocycles. The third-order valence-electron chi connectivity index (χ3n) is 2.26. The second-order valence-corrected chi connectivity index (χ2v) is 5.77. The standard InChI is InChI=1S/C10H14ClN3O4S.ClH/c1-2-12-5-6-13-19(17,18)10-4-3-8(14(15)16)7-9(10)11;/h3-4,7,12-13H,2,5-6H2,1H3;1H. The maximum absolute atomic E-state index is 11.9. The van der Waals surface area contributed by atoms with Gasteiger partial charge in [-0.1, -0.05) is 18.5 Å². The lowest BCUT2D eigenvalue weighted by Gasteiger charge is -2.08. The van der Waals surface area contributed by atoms with E-state index in [4.69, 9.17) is 11.6 Å². The molecule has 0 saturated carbocycles. The number of sulfonamides is 1. The van der Waals surface area contributed by atoms with Crippen molar-refractivity contribution < 1.29 is 13.3 Å². The normalized spacial score (nSPS) is 10.9. The lowest BCUT2D eigenvalue weighted by Crippen LogP contribution is -2.31. The van der Waals surface area contributed by atoms with Crippen molar-refractivity contribution in [2.45, 2.75) is 11.8 Å². The molecule has 0 aliphatic carbocycles. The minimum Gasteiger partial charge on any atom is -0.316 e. The minimum atomic E-state index is -3.76. The summed E-state index contributed by atoms with van der Waals surface area (Å²) >= 11 is 5.76. The molecule has 0 aromatic heterocycles. The predicted molar refractivity (Wildman–Crippen MR) is 79.1 cm³/mol. The molecule has 1 rings (SSSR count). The van der Waals surface area contributed by atoms with Crippen molar-refractivity contribution in [3.05, 3.63) is 33.3 Å². The van der Waals surface area contributed by atoms with Crippen LogP contribution < -0.4 is 10.0 Å². The lowest BCUT2D eigenvalue weighted by molar-refractivity contribution is -0.384. The predicted octanol–water partition coefficient (Wildman–Crippen LogP) is 1.56. The fraction of sp³-hybridized carbons (Fsp3) is 0.400. The zero-order chi connectivity index (χ0) is 14.5. The smallest absolute Gasteiger partial charge is 0.271 e. The highest BCUT2D eigenvalue weighted by Gasteiger charge is 2.19. The number of hydrogen-bond donors (Lipinski definition) is 2. The van der Waals surface area contributed by atoms with Gasteiger partial charge in [0.25, 0.3) is 5.69 Å². The molecule has 0 unspecified atom stereocenters. The van der Waals surface area contributed by atoms with E-state index < -0.39 is 14.9 Å². The van der Waals surface area contributed by atoms with Gasteiger partial charge in [-0.25, -0.2) is 13.1 Å². The van der Waals surface area contributed by atoms with Gasteiger partial charge in [0.2, 0.25) is 10.0 Å². The van der Waals surface area contributed by atoms with Crippen molar-refractivity contribution in [3.8, 4) is 0 Å². The Labute approximate surface area is 128 Å². The molecule has 0 amide bonds. The molecule has 2 N–H and O–H groups in total. The van der Waals surface area contributed by atoms with Crippen LogP contribution in [0.2, 0.25) is 5.02 Å². The van der Waals surface area contributed by atoms with Gasteiger partial charge in [-0.3, -0.25) is 10.1 Å². The third-order valence-corrected chi connectivity index (χ3v) is 4.20. The summed E-state index contributed by atoms with van der Waals surface area (Å²) in [6, 6.07) is 3.24. The van der Waals surface area contributed by atoms with Gasteiger partial charge in [0.15, 0.2) is 0 Å². The summed E-state index contributed by atoms with van der Waals surface area (Å²) in [5.74, 6) is 0. The number of hydrogen-bond acceptors (Lipinski definition) is 5. The van der Waals surface area contributed by atoms with E-state index in [0.717, 1.165) is 24.7 Å². The molecule has 1 aromatic rings. The van der Waals surface area contributed by atoms with Crippen LogP contribution in [0.4, 0.5) is 5.69 Å². The van der Waals surface area contributed by atoms with E-state index in [9.17, 15) is 18.5 Å². The Morgan fingerprint density at radius 1 is 1.35 bits per heavy atom. The van der Waals surface area contributed by atoms with E-state index in [1.54, 1.807) is 0 Å². The van der Waals surface area contributed by atoms with Crippen molar-refractivity contribution in [3.63, 3.8) is 0 Å². The number of likely N-dealkylation sites (N-methyl/N-ethyl adjacent to an activating group) is 1. The van der Waals surface area contributed by atoms with Crippen LogP contribution in [0.15, 0.2) is 23.1 Å². The Morgan fingerprint density at radius 2 is 2.00 bits per heavy atom. The van der Waals surface area contributed by atoms with Gasteiger partial charge < -0.3 is 5.32 Å². The Morgan fingerprint density at radius 3 is 2.50 bits per heavy atom. The number of nitrogens with zero attached hydrogens (tertiary/aromatic N) is 1. The molecule has 114 valence electrons. The number of nitrogens with one attached hydrogen (secondary N) is 2. The molecule has 0 heterocycles. The van der Waals surface area contributed by atoms with Crippen LogP contribution in [-0.4, -0.2) is 33.0 Å². The first-order valence-electron chi connectivity index (χ1n) is 5.53. The summed E-state index contributed by atoms with van der Waals surface area (Å²) in [6.45, 7) is 3.34. The molecular weight excluding hydrogens is 329 g/mol. The van der Waals surface area contributed by atoms with E-state index in [2.05, 4.69) is 10.0 Å². The summed E-state index contributed by atoms with van der Waals surface area (Å²) in [4.78, 5) is 9.72. The quantitative estimate of drug-likeness (QED) is 0.444. The lowest BCUT2D eigenvalue weighted by atomic mass is 10.3. The fourth-order valence-electron chi connectivity index (χ4n) is 1.35. The van der Waals surface area contributed by atoms with E-state index in [1.165, 1.54) is 0 Å². The molecule has 0 spiro atoms. The maximum atomic E-state index is 11.9. The van der Waals surface area contributed by atoms with Gasteiger partial charge in [0.05, 0.1) is 9.95 Å². The average molecular weight is 344 g/mol. The highest BCUT2D eigenvalue weighted by molar-refractivity contribution is 7.89. The summed E-state index contributed by atoms with van der Waals surface area (Å²) in [7, 11) is -3.76. The van der Waals surface area contributed by atoms with E-state index in [0.29, 0.717) is 6.54 Å². The monoisotopic (exact) mass is 343 g/mol. The first-order valence-corrected chi connectivity index (χ1v) is 7.39. The Kier molecular flexibility index (Phi) is 7.99. The fourth-order valence-corrected chi connectivity index (χ4v) is 2.92. The van der Waals surface area contributed by atoms with Crippen LogP contribution in [0.5, 0.6) is 0 Å². The number of nitro groups is 1. The van der Waals surface area contributed by atoms with Crippen LogP contribution in [0.25, 0.3) is 0 Å². The number of non-ortho nitro benzene ring substituents is 1.